The second-order valence-corrected chi connectivity index (χ2v) is 10.1. The van der Waals surface area contributed by atoms with Crippen molar-refractivity contribution in [1.29, 1.82) is 0 Å². The van der Waals surface area contributed by atoms with E-state index in [9.17, 15) is 18.0 Å². The highest BCUT2D eigenvalue weighted by Crippen LogP contribution is 2.35. The number of hydrogen-bond acceptors (Lipinski definition) is 5. The molecule has 5 rings (SSSR count). The highest BCUT2D eigenvalue weighted by Gasteiger charge is 2.37. The first-order chi connectivity index (χ1) is 17.5. The molecule has 4 heterocycles. The maximum absolute atomic E-state index is 13.8. The zero-order valence-electron chi connectivity index (χ0n) is 18.6. The van der Waals surface area contributed by atoms with Gasteiger partial charge < -0.3 is 5.32 Å². The average molecular weight is 586 g/mol. The fourth-order valence-corrected chi connectivity index (χ4v) is 4.86. The molecule has 0 radical (unpaired) electrons. The van der Waals surface area contributed by atoms with Crippen LogP contribution in [0, 0.1) is 6.92 Å². The zero-order valence-corrected chi connectivity index (χ0v) is 21.7. The van der Waals surface area contributed by atoms with Crippen molar-refractivity contribution in [2.75, 3.05) is 5.32 Å². The van der Waals surface area contributed by atoms with E-state index < -0.39 is 23.5 Å². The van der Waals surface area contributed by atoms with Crippen LogP contribution in [0.15, 0.2) is 47.8 Å². The van der Waals surface area contributed by atoms with Gasteiger partial charge in [0.2, 0.25) is 0 Å². The summed E-state index contributed by atoms with van der Waals surface area (Å²) >= 11 is 19.6. The molecule has 5 aromatic rings. The van der Waals surface area contributed by atoms with E-state index >= 15 is 0 Å². The summed E-state index contributed by atoms with van der Waals surface area (Å²) in [6.07, 6.45) is -4.77. The molecule has 0 saturated heterocycles. The van der Waals surface area contributed by atoms with Crippen LogP contribution in [0.3, 0.4) is 0 Å². The summed E-state index contributed by atoms with van der Waals surface area (Å²) in [6, 6.07) is 11.0. The molecular weight excluding hydrogens is 572 g/mol. The molecule has 0 fully saturated rings. The van der Waals surface area contributed by atoms with Crippen LogP contribution in [0.1, 0.15) is 27.4 Å². The molecule has 7 nitrogen and oxygen atoms in total. The molecule has 0 spiro atoms. The quantitative estimate of drug-likeness (QED) is 0.236. The first-order valence-corrected chi connectivity index (χ1v) is 12.5. The van der Waals surface area contributed by atoms with Gasteiger partial charge in [0.1, 0.15) is 5.02 Å². The van der Waals surface area contributed by atoms with Gasteiger partial charge in [-0.15, -0.1) is 11.3 Å². The molecule has 14 heteroatoms. The standard InChI is InChI=1S/C23H14Cl3F3N6OS/c1-11-7-18(32-34(11)10-12-4-5-13(24)14(25)8-12)31-22(36)20-19(26)21-30-15(16-3-2-6-37-16)9-17(23(27,28)29)35(21)33-20/h2-9H,10H2,1H3,(H,31,32,36). The summed E-state index contributed by atoms with van der Waals surface area (Å²) in [5.41, 5.74) is -0.201. The number of anilines is 1. The highest BCUT2D eigenvalue weighted by atomic mass is 35.5. The third-order valence-corrected chi connectivity index (χ3v) is 7.33. The van der Waals surface area contributed by atoms with Gasteiger partial charge in [0, 0.05) is 11.8 Å². The lowest BCUT2D eigenvalue weighted by molar-refractivity contribution is -0.142. The third-order valence-electron chi connectivity index (χ3n) is 5.35. The van der Waals surface area contributed by atoms with Gasteiger partial charge in [0.25, 0.3) is 5.91 Å². The summed E-state index contributed by atoms with van der Waals surface area (Å²) in [6.45, 7) is 2.13. The van der Waals surface area contributed by atoms with Crippen molar-refractivity contribution in [3.05, 3.63) is 85.6 Å². The topological polar surface area (TPSA) is 77.1 Å². The van der Waals surface area contributed by atoms with Gasteiger partial charge in [-0.05, 0) is 42.1 Å². The van der Waals surface area contributed by atoms with Crippen molar-refractivity contribution in [2.45, 2.75) is 19.6 Å². The molecule has 0 unspecified atom stereocenters. The van der Waals surface area contributed by atoms with E-state index in [1.807, 2.05) is 0 Å². The number of nitrogens with one attached hydrogen (secondary N) is 1. The Morgan fingerprint density at radius 1 is 1.08 bits per heavy atom. The number of fused-ring (bicyclic) bond motifs is 1. The van der Waals surface area contributed by atoms with Gasteiger partial charge in [0.15, 0.2) is 22.9 Å². The van der Waals surface area contributed by atoms with Crippen molar-refractivity contribution in [1.82, 2.24) is 24.4 Å². The number of alkyl halides is 3. The number of thiophene rings is 1. The number of hydrogen-bond donors (Lipinski definition) is 1. The molecular formula is C23H14Cl3F3N6OS. The van der Waals surface area contributed by atoms with E-state index in [0.29, 0.717) is 31.7 Å². The van der Waals surface area contributed by atoms with Gasteiger partial charge in [-0.2, -0.15) is 23.4 Å². The minimum atomic E-state index is -4.77. The minimum absolute atomic E-state index is 0.0697. The molecule has 4 aromatic heterocycles. The summed E-state index contributed by atoms with van der Waals surface area (Å²) in [5.74, 6) is -0.667. The summed E-state index contributed by atoms with van der Waals surface area (Å²) < 4.78 is 43.7. The van der Waals surface area contributed by atoms with Crippen LogP contribution >= 0.6 is 46.1 Å². The van der Waals surface area contributed by atoms with Crippen molar-refractivity contribution in [3.8, 4) is 10.6 Å². The molecule has 0 saturated carbocycles. The predicted molar refractivity (Wildman–Crippen MR) is 137 cm³/mol. The number of rotatable bonds is 5. The van der Waals surface area contributed by atoms with Crippen LogP contribution < -0.4 is 5.32 Å². The second kappa shape index (κ2) is 9.64. The van der Waals surface area contributed by atoms with Crippen molar-refractivity contribution >= 4 is 63.5 Å². The largest absolute Gasteiger partial charge is 0.433 e. The van der Waals surface area contributed by atoms with Crippen LogP contribution in [-0.4, -0.2) is 30.3 Å². The molecule has 0 aliphatic carbocycles. The van der Waals surface area contributed by atoms with E-state index in [2.05, 4.69) is 20.5 Å². The number of benzene rings is 1. The summed E-state index contributed by atoms with van der Waals surface area (Å²) in [7, 11) is 0. The van der Waals surface area contributed by atoms with Crippen LogP contribution in [-0.2, 0) is 12.7 Å². The Bertz CT molecular complexity index is 1650. The highest BCUT2D eigenvalue weighted by molar-refractivity contribution is 7.13. The Labute approximate surface area is 226 Å². The van der Waals surface area contributed by atoms with Crippen LogP contribution in [0.25, 0.3) is 16.2 Å². The summed E-state index contributed by atoms with van der Waals surface area (Å²) in [4.78, 5) is 17.7. The first-order valence-electron chi connectivity index (χ1n) is 10.5. The smallest absolute Gasteiger partial charge is 0.304 e. The van der Waals surface area contributed by atoms with E-state index in [1.54, 1.807) is 53.4 Å². The normalized spacial score (nSPS) is 11.9. The molecule has 0 aliphatic heterocycles. The molecule has 37 heavy (non-hydrogen) atoms. The van der Waals surface area contributed by atoms with Crippen molar-refractivity contribution in [3.63, 3.8) is 0 Å². The Hall–Kier alpha value is -3.12. The monoisotopic (exact) mass is 584 g/mol. The van der Waals surface area contributed by atoms with Gasteiger partial charge >= 0.3 is 6.18 Å². The molecule has 1 N–H and O–H groups in total. The Kier molecular flexibility index (Phi) is 6.65. The van der Waals surface area contributed by atoms with Crippen LogP contribution in [0.2, 0.25) is 15.1 Å². The first kappa shape index (κ1) is 25.5. The molecule has 0 atom stereocenters. The van der Waals surface area contributed by atoms with Gasteiger partial charge in [-0.3, -0.25) is 9.48 Å². The number of aryl methyl sites for hydroxylation is 1. The maximum atomic E-state index is 13.8. The minimum Gasteiger partial charge on any atom is -0.304 e. The van der Waals surface area contributed by atoms with E-state index in [0.717, 1.165) is 11.6 Å². The molecule has 1 amide bonds. The van der Waals surface area contributed by atoms with Gasteiger partial charge in [-0.25, -0.2) is 9.50 Å². The van der Waals surface area contributed by atoms with E-state index in [-0.39, 0.29) is 22.2 Å². The van der Waals surface area contributed by atoms with Crippen LogP contribution in [0.4, 0.5) is 19.0 Å². The average Bonchev–Trinajstić information content (AvgIpc) is 3.55. The van der Waals surface area contributed by atoms with Crippen molar-refractivity contribution in [2.24, 2.45) is 0 Å². The Morgan fingerprint density at radius 3 is 2.54 bits per heavy atom. The third kappa shape index (κ3) is 5.04. The van der Waals surface area contributed by atoms with E-state index in [1.165, 1.54) is 11.3 Å². The molecule has 190 valence electrons. The maximum Gasteiger partial charge on any atom is 0.433 e. The zero-order chi connectivity index (χ0) is 26.5. The van der Waals surface area contributed by atoms with E-state index in [4.69, 9.17) is 34.8 Å². The lowest BCUT2D eigenvalue weighted by Gasteiger charge is -2.10. The van der Waals surface area contributed by atoms with Crippen molar-refractivity contribution < 1.29 is 18.0 Å². The number of amides is 1. The SMILES string of the molecule is Cc1cc(NC(=O)c2nn3c(C(F)(F)F)cc(-c4cccs4)nc3c2Cl)nn1Cc1ccc(Cl)c(Cl)c1. The number of carbonyl (C=O) groups excluding carboxylic acids is 1. The molecule has 0 bridgehead atoms. The fraction of sp³-hybridized carbons (Fsp3) is 0.130. The Morgan fingerprint density at radius 2 is 1.86 bits per heavy atom. The number of carbonyl (C=O) groups is 1. The number of halogens is 6. The predicted octanol–water partition coefficient (Wildman–Crippen LogP) is 7.24. The van der Waals surface area contributed by atoms with Gasteiger partial charge in [0.05, 0.1) is 27.2 Å². The van der Waals surface area contributed by atoms with Crippen LogP contribution in [0.5, 0.6) is 0 Å². The second-order valence-electron chi connectivity index (χ2n) is 7.93. The number of nitrogens with zero attached hydrogens (tertiary/aromatic N) is 5. The Balaban J connectivity index is 1.46. The molecule has 1 aromatic carbocycles. The fourth-order valence-electron chi connectivity index (χ4n) is 3.61. The number of aromatic nitrogens is 5. The lowest BCUT2D eigenvalue weighted by Crippen LogP contribution is -2.16. The molecule has 0 aliphatic rings. The summed E-state index contributed by atoms with van der Waals surface area (Å²) in [5, 5.41) is 13.0. The van der Waals surface area contributed by atoms with Gasteiger partial charge in [-0.1, -0.05) is 46.9 Å². The lowest BCUT2D eigenvalue weighted by atomic mass is 10.2.